The fourth-order valence-electron chi connectivity index (χ4n) is 4.62. The molecule has 1 fully saturated rings. The van der Waals surface area contributed by atoms with Gasteiger partial charge in [0, 0.05) is 25.6 Å². The van der Waals surface area contributed by atoms with Crippen LogP contribution in [0.5, 0.6) is 11.5 Å². The molecule has 4 nitrogen and oxygen atoms in total. The van der Waals surface area contributed by atoms with E-state index in [2.05, 4.69) is 0 Å². The molecular formula is C18H21NO3. The molecule has 2 bridgehead atoms. The first-order valence-electron chi connectivity index (χ1n) is 10.5. The van der Waals surface area contributed by atoms with E-state index in [9.17, 15) is 7.85 Å². The minimum atomic E-state index is -2.69. The molecular weight excluding hydrogens is 278 g/mol. The zero-order chi connectivity index (χ0) is 20.3. The Labute approximate surface area is 138 Å². The summed E-state index contributed by atoms with van der Waals surface area (Å²) in [6.45, 7) is 0.497. The van der Waals surface area contributed by atoms with Crippen LogP contribution < -0.4 is 9.47 Å². The van der Waals surface area contributed by atoms with Gasteiger partial charge >= 0.3 is 0 Å². The maximum Gasteiger partial charge on any atom is 0.165 e. The van der Waals surface area contributed by atoms with Crippen molar-refractivity contribution < 1.29 is 22.8 Å². The first-order chi connectivity index (χ1) is 12.9. The lowest BCUT2D eigenvalue weighted by Gasteiger charge is -2.56. The number of rotatable bonds is 1. The molecule has 2 aliphatic carbocycles. The van der Waals surface area contributed by atoms with Crippen molar-refractivity contribution in [3.63, 3.8) is 0 Å². The smallest absolute Gasteiger partial charge is 0.165 e. The summed E-state index contributed by atoms with van der Waals surface area (Å²) in [5.74, 6) is -1.28. The van der Waals surface area contributed by atoms with Gasteiger partial charge in [-0.25, -0.2) is 0 Å². The molecule has 1 saturated heterocycles. The molecule has 0 aromatic heterocycles. The molecule has 4 aliphatic rings. The van der Waals surface area contributed by atoms with Crippen LogP contribution >= 0.6 is 0 Å². The summed E-state index contributed by atoms with van der Waals surface area (Å²) in [6.07, 6.45) is 0.121. The molecule has 2 unspecified atom stereocenters. The highest BCUT2D eigenvalue weighted by Crippen LogP contribution is 2.62. The van der Waals surface area contributed by atoms with Gasteiger partial charge in [-0.15, -0.1) is 0 Å². The van der Waals surface area contributed by atoms with E-state index in [-0.39, 0.29) is 17.9 Å². The molecule has 116 valence electrons. The topological polar surface area (TPSA) is 41.9 Å². The average molecular weight is 305 g/mol. The molecule has 1 aromatic carbocycles. The maximum absolute atomic E-state index is 10.8. The van der Waals surface area contributed by atoms with E-state index in [0.717, 1.165) is 5.56 Å². The van der Waals surface area contributed by atoms with E-state index in [0.29, 0.717) is 18.5 Å². The van der Waals surface area contributed by atoms with E-state index in [1.165, 1.54) is 18.2 Å². The fourth-order valence-corrected chi connectivity index (χ4v) is 4.62. The predicted octanol–water partition coefficient (Wildman–Crippen LogP) is 1.50. The number of hydrogen-bond acceptors (Lipinski definition) is 4. The lowest BCUT2D eigenvalue weighted by molar-refractivity contribution is -0.0453. The Bertz CT molecular complexity index is 917. The van der Waals surface area contributed by atoms with Crippen molar-refractivity contribution in [2.75, 3.05) is 20.6 Å². The summed E-state index contributed by atoms with van der Waals surface area (Å²) in [5.41, 5.74) is 0.245. The molecule has 5 rings (SSSR count). The van der Waals surface area contributed by atoms with E-state index in [4.69, 9.17) is 15.0 Å². The van der Waals surface area contributed by atoms with Gasteiger partial charge in [0.2, 0.25) is 0 Å². The Morgan fingerprint density at radius 3 is 3.27 bits per heavy atom. The number of nitrogens with zero attached hydrogens (tertiary/aromatic N) is 1. The first-order valence-corrected chi connectivity index (χ1v) is 7.52. The van der Waals surface area contributed by atoms with Crippen molar-refractivity contribution in [2.45, 2.75) is 36.5 Å². The van der Waals surface area contributed by atoms with Gasteiger partial charge in [-0.2, -0.15) is 0 Å². The van der Waals surface area contributed by atoms with Crippen molar-refractivity contribution >= 4 is 0 Å². The molecule has 1 N–H and O–H groups in total. The molecule has 0 amide bonds. The lowest BCUT2D eigenvalue weighted by atomic mass is 9.53. The van der Waals surface area contributed by atoms with Gasteiger partial charge in [0.15, 0.2) is 11.5 Å². The van der Waals surface area contributed by atoms with Gasteiger partial charge in [0.25, 0.3) is 0 Å². The van der Waals surface area contributed by atoms with Crippen LogP contribution in [0.2, 0.25) is 0 Å². The number of methoxy groups -OCH3 is 1. The third-order valence-electron chi connectivity index (χ3n) is 5.59. The van der Waals surface area contributed by atoms with Crippen LogP contribution in [0.1, 0.15) is 25.8 Å². The number of piperidine rings is 1. The molecule has 5 atom stereocenters. The van der Waals surface area contributed by atoms with Gasteiger partial charge < -0.3 is 19.5 Å². The zero-order valence-corrected chi connectivity index (χ0v) is 12.2. The standard InChI is InChI=1S/C18H21NO3/c1-19-8-7-18-11-4-5-13(20)17(18)22-16-14(21-2)6-3-10(15(16)18)9-12(11)19/h3-6,11-13,17,20H,7-9H2,1-2H3/t11-,12+,13?,17?,18-/m0/s1/i2D3,11D,12D,13D. The van der Waals surface area contributed by atoms with Crippen LogP contribution in [0.15, 0.2) is 24.3 Å². The molecule has 2 heterocycles. The van der Waals surface area contributed by atoms with E-state index < -0.39 is 36.5 Å². The highest BCUT2D eigenvalue weighted by atomic mass is 16.5. The van der Waals surface area contributed by atoms with Crippen molar-refractivity contribution in [3.05, 3.63) is 35.4 Å². The minimum Gasteiger partial charge on any atom is -0.493 e. The van der Waals surface area contributed by atoms with Gasteiger partial charge in [-0.1, -0.05) is 18.2 Å². The second kappa shape index (κ2) is 4.06. The fraction of sp³-hybridized carbons (Fsp3) is 0.556. The second-order valence-corrected chi connectivity index (χ2v) is 6.47. The summed E-state index contributed by atoms with van der Waals surface area (Å²) < 4.78 is 60.5. The monoisotopic (exact) mass is 305 g/mol. The summed E-state index contributed by atoms with van der Waals surface area (Å²) >= 11 is 0. The number of aliphatic hydroxyl groups is 1. The van der Waals surface area contributed by atoms with Gasteiger partial charge in [-0.3, -0.25) is 0 Å². The van der Waals surface area contributed by atoms with Crippen LogP contribution in [0.3, 0.4) is 0 Å². The van der Waals surface area contributed by atoms with Crippen molar-refractivity contribution in [1.82, 2.24) is 4.90 Å². The van der Waals surface area contributed by atoms with Crippen LogP contribution in [0, 0.1) is 5.89 Å². The summed E-state index contributed by atoms with van der Waals surface area (Å²) in [5, 5.41) is 10.8. The number of likely N-dealkylation sites (N-methyl/N-ethyl adjacent to an activating group) is 1. The lowest BCUT2D eigenvalue weighted by Crippen LogP contribution is -2.64. The molecule has 1 aromatic rings. The highest BCUT2D eigenvalue weighted by Gasteiger charge is 2.64. The summed E-state index contributed by atoms with van der Waals surface area (Å²) in [7, 11) is -0.873. The number of ether oxygens (including phenoxy) is 2. The Kier molecular flexibility index (Phi) is 1.54. The third-order valence-corrected chi connectivity index (χ3v) is 5.59. The average Bonchev–Trinajstić information content (AvgIpc) is 2.94. The zero-order valence-electron chi connectivity index (χ0n) is 18.2. The van der Waals surface area contributed by atoms with Crippen LogP contribution in [0.25, 0.3) is 0 Å². The molecule has 2 aliphatic heterocycles. The number of benzene rings is 1. The van der Waals surface area contributed by atoms with Crippen LogP contribution in [0.4, 0.5) is 0 Å². The first kappa shape index (κ1) is 8.37. The molecule has 0 radical (unpaired) electrons. The van der Waals surface area contributed by atoms with E-state index >= 15 is 0 Å². The highest BCUT2D eigenvalue weighted by molar-refractivity contribution is 5.62. The molecule has 1 spiro atoms. The maximum atomic E-state index is 10.8. The molecule has 22 heavy (non-hydrogen) atoms. The van der Waals surface area contributed by atoms with E-state index in [1.807, 2.05) is 11.9 Å². The Hall–Kier alpha value is -1.52. The quantitative estimate of drug-likeness (QED) is 0.799. The van der Waals surface area contributed by atoms with Crippen molar-refractivity contribution in [2.24, 2.45) is 5.89 Å². The normalized spacial score (nSPS) is 55.6. The second-order valence-electron chi connectivity index (χ2n) is 6.47. The number of hydrogen-bond donors (Lipinski definition) is 1. The van der Waals surface area contributed by atoms with Crippen LogP contribution in [-0.4, -0.2) is 48.8 Å². The van der Waals surface area contributed by atoms with Crippen molar-refractivity contribution in [3.8, 4) is 11.5 Å². The molecule has 4 heteroatoms. The number of likely N-dealkylation sites (tertiary alicyclic amines) is 1. The summed E-state index contributed by atoms with van der Waals surface area (Å²) in [6, 6.07) is 1.92. The van der Waals surface area contributed by atoms with Crippen LogP contribution in [-0.2, 0) is 11.8 Å². The van der Waals surface area contributed by atoms with Crippen molar-refractivity contribution in [1.29, 1.82) is 0 Å². The largest absolute Gasteiger partial charge is 0.493 e. The summed E-state index contributed by atoms with van der Waals surface area (Å²) in [4.78, 5) is 1.84. The SMILES string of the molecule is [2H]C([2H])([2H])Oc1ccc2c3c1OC1C([2H])(O)C=C[C@]4([2H])[C@@]31CCN(C)[C@]4([2H])C2. The Morgan fingerprint density at radius 2 is 2.41 bits per heavy atom. The third kappa shape index (κ3) is 1.28. The van der Waals surface area contributed by atoms with Gasteiger partial charge in [0.05, 0.1) is 12.5 Å². The van der Waals surface area contributed by atoms with Gasteiger partial charge in [-0.05, 0) is 38.1 Å². The Morgan fingerprint density at radius 1 is 1.50 bits per heavy atom. The molecule has 0 saturated carbocycles. The minimum absolute atomic E-state index is 0.0112. The predicted molar refractivity (Wildman–Crippen MR) is 82.5 cm³/mol. The Balaban J connectivity index is 1.83. The van der Waals surface area contributed by atoms with Gasteiger partial charge in [0.1, 0.15) is 12.2 Å². The van der Waals surface area contributed by atoms with E-state index in [1.54, 1.807) is 6.07 Å².